The maximum atomic E-state index is 12.4. The van der Waals surface area contributed by atoms with Crippen molar-refractivity contribution in [3.8, 4) is 0 Å². The normalized spacial score (nSPS) is 16.9. The van der Waals surface area contributed by atoms with E-state index in [4.69, 9.17) is 39.6 Å². The van der Waals surface area contributed by atoms with E-state index in [0.717, 1.165) is 93.2 Å². The molecule has 4 rings (SSSR count). The second kappa shape index (κ2) is 23.0. The van der Waals surface area contributed by atoms with Gasteiger partial charge in [-0.2, -0.15) is 0 Å². The van der Waals surface area contributed by atoms with Gasteiger partial charge in [0, 0.05) is 53.4 Å². The number of aryl methyl sites for hydroxylation is 1. The molecule has 4 N–H and O–H groups in total. The zero-order chi connectivity index (χ0) is 43.0. The van der Waals surface area contributed by atoms with E-state index in [-0.39, 0.29) is 34.3 Å². The van der Waals surface area contributed by atoms with Gasteiger partial charge in [-0.3, -0.25) is 0 Å². The number of esters is 2. The largest absolute Gasteiger partial charge is 0.467 e. The summed E-state index contributed by atoms with van der Waals surface area (Å²) in [4.78, 5) is 26.2. The molecule has 0 heterocycles. The number of thiocarbonyl (C=S) groups is 2. The molecule has 11 nitrogen and oxygen atoms in total. The molecule has 2 aromatic carbocycles. The number of nitrogens with one attached hydrogen (secondary N) is 2. The van der Waals surface area contributed by atoms with Crippen molar-refractivity contribution in [2.75, 3.05) is 44.0 Å². The molecular formula is C43H65N3O8S4. The fourth-order valence-electron chi connectivity index (χ4n) is 8.08. The standard InChI is InChI=1S/C22H33NO4S2.C21H32N2O4S2/c1-17-8-10-18(11-9-17)16-19(20(24)27-2)23-21(28)22(12-4-5-13-22)14-6-7-15-29(3,25)26;1-27-19(24)18(15-16-7-9-17(22)10-8-16)23-20(28)21(11-3-4-12-21)13-5-6-14-29(2,25)26/h8-11,19H,4-7,12-16H2,1-3H3,(H,23,28);7-10,18H,3-6,11-15,22H2,1-2H3,(H,23,28). The van der Waals surface area contributed by atoms with E-state index in [1.165, 1.54) is 32.3 Å². The van der Waals surface area contributed by atoms with Crippen LogP contribution in [-0.2, 0) is 51.6 Å². The van der Waals surface area contributed by atoms with E-state index in [2.05, 4.69) is 10.6 Å². The molecule has 2 aliphatic rings. The summed E-state index contributed by atoms with van der Waals surface area (Å²) in [6.07, 6.45) is 16.4. The molecule has 0 amide bonds. The Morgan fingerprint density at radius 3 is 1.33 bits per heavy atom. The number of methoxy groups -OCH3 is 2. The number of ether oxygens (including phenoxy) is 2. The fraction of sp³-hybridized carbons (Fsp3) is 0.628. The van der Waals surface area contributed by atoms with E-state index >= 15 is 0 Å². The molecule has 0 bridgehead atoms. The molecule has 2 atom stereocenters. The van der Waals surface area contributed by atoms with Crippen LogP contribution in [0, 0.1) is 17.8 Å². The zero-order valence-corrected chi connectivity index (χ0v) is 38.2. The van der Waals surface area contributed by atoms with Crippen LogP contribution < -0.4 is 16.4 Å². The Labute approximate surface area is 358 Å². The Kier molecular flexibility index (Phi) is 19.5. The lowest BCUT2D eigenvalue weighted by Gasteiger charge is -2.32. The molecule has 2 unspecified atom stereocenters. The second-order valence-corrected chi connectivity index (χ2v) is 21.7. The third-order valence-electron chi connectivity index (χ3n) is 11.5. The van der Waals surface area contributed by atoms with Crippen LogP contribution in [0.2, 0.25) is 0 Å². The summed E-state index contributed by atoms with van der Waals surface area (Å²) in [7, 11) is -3.12. The fourth-order valence-corrected chi connectivity index (χ4v) is 10.4. The van der Waals surface area contributed by atoms with Crippen molar-refractivity contribution in [1.29, 1.82) is 0 Å². The van der Waals surface area contributed by atoms with Crippen LogP contribution in [0.4, 0.5) is 5.69 Å². The van der Waals surface area contributed by atoms with Gasteiger partial charge in [-0.1, -0.05) is 105 Å². The molecule has 0 spiro atoms. The number of hydrogen-bond acceptors (Lipinski definition) is 11. The molecule has 15 heteroatoms. The zero-order valence-electron chi connectivity index (χ0n) is 35.0. The molecule has 0 radical (unpaired) electrons. The third kappa shape index (κ3) is 16.5. The van der Waals surface area contributed by atoms with Crippen LogP contribution >= 0.6 is 24.4 Å². The minimum atomic E-state index is -2.95. The van der Waals surface area contributed by atoms with Crippen molar-refractivity contribution in [3.05, 3.63) is 65.2 Å². The van der Waals surface area contributed by atoms with Crippen LogP contribution in [-0.4, -0.2) is 89.1 Å². The van der Waals surface area contributed by atoms with Crippen LogP contribution in [0.5, 0.6) is 0 Å². The minimum absolute atomic E-state index is 0.146. The smallest absolute Gasteiger partial charge is 0.328 e. The first-order valence-electron chi connectivity index (χ1n) is 20.3. The van der Waals surface area contributed by atoms with Gasteiger partial charge in [0.15, 0.2) is 0 Å². The van der Waals surface area contributed by atoms with Gasteiger partial charge in [0.1, 0.15) is 31.8 Å². The Hall–Kier alpha value is -3.14. The quantitative estimate of drug-likeness (QED) is 0.0549. The number of nitrogens with two attached hydrogens (primary N) is 1. The lowest BCUT2D eigenvalue weighted by Crippen LogP contribution is -2.48. The number of unbranched alkanes of at least 4 members (excludes halogenated alkanes) is 2. The van der Waals surface area contributed by atoms with Crippen molar-refractivity contribution >= 4 is 71.7 Å². The average Bonchev–Trinajstić information content (AvgIpc) is 3.87. The summed E-state index contributed by atoms with van der Waals surface area (Å²) >= 11 is 11.6. The lowest BCUT2D eigenvalue weighted by molar-refractivity contribution is -0.143. The first-order chi connectivity index (χ1) is 27.3. The van der Waals surface area contributed by atoms with Gasteiger partial charge in [-0.25, -0.2) is 26.4 Å². The van der Waals surface area contributed by atoms with Crippen molar-refractivity contribution in [3.63, 3.8) is 0 Å². The molecule has 2 saturated carbocycles. The second-order valence-electron chi connectivity index (χ2n) is 16.4. The molecule has 324 valence electrons. The van der Waals surface area contributed by atoms with Gasteiger partial charge in [0.2, 0.25) is 0 Å². The predicted molar refractivity (Wildman–Crippen MR) is 241 cm³/mol. The number of carbonyl (C=O) groups is 2. The molecule has 0 saturated heterocycles. The maximum absolute atomic E-state index is 12.4. The highest BCUT2D eigenvalue weighted by atomic mass is 32.2. The molecule has 0 aliphatic heterocycles. The number of carbonyl (C=O) groups excluding carboxylic acids is 2. The van der Waals surface area contributed by atoms with E-state index in [0.29, 0.717) is 36.4 Å². The van der Waals surface area contributed by atoms with Gasteiger partial charge < -0.3 is 25.8 Å². The Morgan fingerprint density at radius 1 is 0.655 bits per heavy atom. The highest BCUT2D eigenvalue weighted by Gasteiger charge is 2.40. The van der Waals surface area contributed by atoms with Crippen LogP contribution in [0.25, 0.3) is 0 Å². The summed E-state index contributed by atoms with van der Waals surface area (Å²) in [6, 6.07) is 14.4. The van der Waals surface area contributed by atoms with Crippen molar-refractivity contribution in [2.45, 2.75) is 122 Å². The molecule has 2 aliphatic carbocycles. The van der Waals surface area contributed by atoms with Gasteiger partial charge in [-0.05, 0) is 81.5 Å². The molecule has 2 fully saturated rings. The third-order valence-corrected chi connectivity index (χ3v) is 14.6. The average molecular weight is 880 g/mol. The van der Waals surface area contributed by atoms with Crippen molar-refractivity contribution < 1.29 is 35.9 Å². The summed E-state index contributed by atoms with van der Waals surface area (Å²) < 4.78 is 55.6. The van der Waals surface area contributed by atoms with E-state index in [9.17, 15) is 26.4 Å². The number of hydrogen-bond donors (Lipinski definition) is 3. The first-order valence-corrected chi connectivity index (χ1v) is 25.3. The summed E-state index contributed by atoms with van der Waals surface area (Å²) in [5, 5.41) is 6.59. The molecule has 0 aromatic heterocycles. The van der Waals surface area contributed by atoms with Crippen molar-refractivity contribution in [1.82, 2.24) is 10.6 Å². The lowest BCUT2D eigenvalue weighted by atomic mass is 9.80. The van der Waals surface area contributed by atoms with Gasteiger partial charge >= 0.3 is 11.9 Å². The summed E-state index contributed by atoms with van der Waals surface area (Å²) in [6.45, 7) is 2.03. The number of sulfone groups is 2. The molecular weight excluding hydrogens is 815 g/mol. The number of benzene rings is 2. The predicted octanol–water partition coefficient (Wildman–Crippen LogP) is 6.82. The highest BCUT2D eigenvalue weighted by molar-refractivity contribution is 7.90. The monoisotopic (exact) mass is 879 g/mol. The number of anilines is 1. The first kappa shape index (κ1) is 49.2. The van der Waals surface area contributed by atoms with E-state index in [1.54, 1.807) is 0 Å². The van der Waals surface area contributed by atoms with Crippen LogP contribution in [0.15, 0.2) is 48.5 Å². The Morgan fingerprint density at radius 2 is 1.00 bits per heavy atom. The Balaban J connectivity index is 0.000000310. The summed E-state index contributed by atoms with van der Waals surface area (Å²) in [5.74, 6) is -0.264. The molecule has 2 aromatic rings. The Bertz CT molecular complexity index is 1730. The highest BCUT2D eigenvalue weighted by Crippen LogP contribution is 2.44. The minimum Gasteiger partial charge on any atom is -0.467 e. The van der Waals surface area contributed by atoms with Crippen molar-refractivity contribution in [2.24, 2.45) is 10.8 Å². The van der Waals surface area contributed by atoms with E-state index < -0.39 is 31.8 Å². The van der Waals surface area contributed by atoms with Crippen LogP contribution in [0.3, 0.4) is 0 Å². The van der Waals surface area contributed by atoms with Gasteiger partial charge in [0.25, 0.3) is 0 Å². The molecule has 58 heavy (non-hydrogen) atoms. The SMILES string of the molecule is COC(=O)C(Cc1ccc(C)cc1)NC(=S)C1(CCCCS(C)(=O)=O)CCCC1.COC(=O)C(Cc1ccc(N)cc1)NC(=S)C1(CCCCS(C)(=O)=O)CCCC1. The summed E-state index contributed by atoms with van der Waals surface area (Å²) in [5.41, 5.74) is 9.30. The van der Waals surface area contributed by atoms with Gasteiger partial charge in [0.05, 0.1) is 24.2 Å². The topological polar surface area (TPSA) is 171 Å². The number of nitrogen functional groups attached to an aromatic ring is 1. The van der Waals surface area contributed by atoms with E-state index in [1.807, 2.05) is 55.5 Å². The maximum Gasteiger partial charge on any atom is 0.328 e. The number of rotatable bonds is 20. The van der Waals surface area contributed by atoms with Gasteiger partial charge in [-0.15, -0.1) is 0 Å². The van der Waals surface area contributed by atoms with Crippen LogP contribution in [0.1, 0.15) is 107 Å².